The predicted octanol–water partition coefficient (Wildman–Crippen LogP) is 2.80. The molecule has 0 bridgehead atoms. The molecule has 0 fully saturated rings. The van der Waals surface area contributed by atoms with E-state index in [1.54, 1.807) is 6.20 Å². The Balaban J connectivity index is 2.51. The van der Waals surface area contributed by atoms with E-state index in [4.69, 9.17) is 0 Å². The number of hydrogen-bond acceptors (Lipinski definition) is 2. The van der Waals surface area contributed by atoms with Gasteiger partial charge in [0.15, 0.2) is 0 Å². The number of benzene rings is 1. The molecule has 0 aliphatic carbocycles. The summed E-state index contributed by atoms with van der Waals surface area (Å²) in [6.07, 6.45) is 4.43. The van der Waals surface area contributed by atoms with Gasteiger partial charge in [0.2, 0.25) is 0 Å². The van der Waals surface area contributed by atoms with E-state index in [0.717, 1.165) is 17.8 Å². The number of carbonyl (C=O) groups excluding carboxylic acids is 1. The number of nitrogens with one attached hydrogen (secondary N) is 2. The maximum Gasteiger partial charge on any atom is 0.323 e. The molecule has 0 atom stereocenters. The molecule has 0 saturated carbocycles. The third-order valence-corrected chi connectivity index (χ3v) is 2.21. The van der Waals surface area contributed by atoms with Crippen molar-refractivity contribution < 1.29 is 4.79 Å². The Bertz CT molecular complexity index is 382. The van der Waals surface area contributed by atoms with Crippen molar-refractivity contribution in [3.05, 3.63) is 36.5 Å². The SMILES string of the molecule is CC/C=C/NC(=O)Nc1ccc(N(C)C)cc1. The molecule has 0 aliphatic heterocycles. The molecule has 0 unspecified atom stereocenters. The summed E-state index contributed by atoms with van der Waals surface area (Å²) in [6.45, 7) is 2.01. The number of nitrogens with zero attached hydrogens (tertiary/aromatic N) is 1. The van der Waals surface area contributed by atoms with Crippen molar-refractivity contribution in [3.8, 4) is 0 Å². The van der Waals surface area contributed by atoms with Crippen LogP contribution in [-0.2, 0) is 0 Å². The summed E-state index contributed by atoms with van der Waals surface area (Å²) in [7, 11) is 3.95. The Morgan fingerprint density at radius 1 is 1.29 bits per heavy atom. The number of rotatable bonds is 4. The lowest BCUT2D eigenvalue weighted by atomic mass is 10.2. The van der Waals surface area contributed by atoms with Crippen LogP contribution < -0.4 is 15.5 Å². The smallest absolute Gasteiger partial charge is 0.323 e. The van der Waals surface area contributed by atoms with Gasteiger partial charge in [-0.2, -0.15) is 0 Å². The lowest BCUT2D eigenvalue weighted by Crippen LogP contribution is -2.23. The molecule has 1 rings (SSSR count). The Morgan fingerprint density at radius 3 is 2.47 bits per heavy atom. The van der Waals surface area contributed by atoms with Crippen LogP contribution in [0.3, 0.4) is 0 Å². The second kappa shape index (κ2) is 6.58. The largest absolute Gasteiger partial charge is 0.378 e. The number of hydrogen-bond donors (Lipinski definition) is 2. The van der Waals surface area contributed by atoms with Gasteiger partial charge in [-0.25, -0.2) is 4.79 Å². The van der Waals surface area contributed by atoms with Crippen molar-refractivity contribution in [1.82, 2.24) is 5.32 Å². The normalized spacial score (nSPS) is 10.3. The van der Waals surface area contributed by atoms with Crippen molar-refractivity contribution in [3.63, 3.8) is 0 Å². The molecular formula is C13H19N3O. The minimum atomic E-state index is -0.229. The maximum absolute atomic E-state index is 11.4. The molecule has 1 aromatic rings. The Morgan fingerprint density at radius 2 is 1.94 bits per heavy atom. The molecule has 0 spiro atoms. The van der Waals surface area contributed by atoms with Gasteiger partial charge in [-0.3, -0.25) is 0 Å². The topological polar surface area (TPSA) is 44.4 Å². The number of allylic oxidation sites excluding steroid dienone is 1. The monoisotopic (exact) mass is 233 g/mol. The average molecular weight is 233 g/mol. The summed E-state index contributed by atoms with van der Waals surface area (Å²) in [6, 6.07) is 7.43. The molecule has 2 N–H and O–H groups in total. The van der Waals surface area contributed by atoms with Crippen LogP contribution in [0.1, 0.15) is 13.3 Å². The first-order valence-electron chi connectivity index (χ1n) is 5.63. The van der Waals surface area contributed by atoms with Crippen molar-refractivity contribution in [1.29, 1.82) is 0 Å². The number of anilines is 2. The van der Waals surface area contributed by atoms with E-state index in [9.17, 15) is 4.79 Å². The molecule has 17 heavy (non-hydrogen) atoms. The van der Waals surface area contributed by atoms with Crippen LogP contribution in [0.4, 0.5) is 16.2 Å². The van der Waals surface area contributed by atoms with Crippen LogP contribution >= 0.6 is 0 Å². The molecular weight excluding hydrogens is 214 g/mol. The summed E-state index contributed by atoms with van der Waals surface area (Å²) >= 11 is 0. The molecule has 2 amide bonds. The van der Waals surface area contributed by atoms with Crippen LogP contribution in [0, 0.1) is 0 Å². The highest BCUT2D eigenvalue weighted by Gasteiger charge is 1.99. The van der Waals surface area contributed by atoms with Gasteiger partial charge in [-0.05, 0) is 30.7 Å². The number of carbonyl (C=O) groups is 1. The third-order valence-electron chi connectivity index (χ3n) is 2.21. The van der Waals surface area contributed by atoms with Crippen LogP contribution in [0.2, 0.25) is 0 Å². The molecule has 0 radical (unpaired) electrons. The number of amides is 2. The van der Waals surface area contributed by atoms with Gasteiger partial charge in [0, 0.05) is 31.7 Å². The third kappa shape index (κ3) is 4.59. The average Bonchev–Trinajstić information content (AvgIpc) is 2.30. The van der Waals surface area contributed by atoms with Gasteiger partial charge in [0.05, 0.1) is 0 Å². The zero-order chi connectivity index (χ0) is 12.7. The fourth-order valence-electron chi connectivity index (χ4n) is 1.26. The van der Waals surface area contributed by atoms with Crippen LogP contribution in [-0.4, -0.2) is 20.1 Å². The van der Waals surface area contributed by atoms with Crippen molar-refractivity contribution in [2.24, 2.45) is 0 Å². The summed E-state index contributed by atoms with van der Waals surface area (Å²) in [5.74, 6) is 0. The quantitative estimate of drug-likeness (QED) is 0.840. The highest BCUT2D eigenvalue weighted by Crippen LogP contribution is 2.15. The molecule has 92 valence electrons. The molecule has 0 saturated heterocycles. The van der Waals surface area contributed by atoms with E-state index >= 15 is 0 Å². The van der Waals surface area contributed by atoms with Gasteiger partial charge in [-0.15, -0.1) is 0 Å². The van der Waals surface area contributed by atoms with Gasteiger partial charge >= 0.3 is 6.03 Å². The van der Waals surface area contributed by atoms with E-state index in [-0.39, 0.29) is 6.03 Å². The first-order valence-corrected chi connectivity index (χ1v) is 5.63. The fraction of sp³-hybridized carbons (Fsp3) is 0.308. The minimum Gasteiger partial charge on any atom is -0.378 e. The van der Waals surface area contributed by atoms with E-state index in [1.165, 1.54) is 0 Å². The molecule has 4 heteroatoms. The van der Waals surface area contributed by atoms with Crippen molar-refractivity contribution in [2.45, 2.75) is 13.3 Å². The first kappa shape index (κ1) is 13.1. The molecule has 1 aromatic carbocycles. The summed E-state index contributed by atoms with van der Waals surface area (Å²) in [5.41, 5.74) is 1.87. The fourth-order valence-corrected chi connectivity index (χ4v) is 1.26. The zero-order valence-electron chi connectivity index (χ0n) is 10.5. The van der Waals surface area contributed by atoms with E-state index in [1.807, 2.05) is 56.3 Å². The highest BCUT2D eigenvalue weighted by molar-refractivity contribution is 5.90. The Hall–Kier alpha value is -1.97. The van der Waals surface area contributed by atoms with Crippen LogP contribution in [0.15, 0.2) is 36.5 Å². The highest BCUT2D eigenvalue weighted by atomic mass is 16.2. The van der Waals surface area contributed by atoms with Gasteiger partial charge in [-0.1, -0.05) is 13.0 Å². The summed E-state index contributed by atoms with van der Waals surface area (Å²) in [5, 5.41) is 5.38. The van der Waals surface area contributed by atoms with Crippen molar-refractivity contribution >= 4 is 17.4 Å². The molecule has 0 aliphatic rings. The Labute approximate surface area is 102 Å². The van der Waals surface area contributed by atoms with Gasteiger partial charge in [0.25, 0.3) is 0 Å². The second-order valence-corrected chi connectivity index (χ2v) is 3.85. The van der Waals surface area contributed by atoms with E-state index < -0.39 is 0 Å². The number of urea groups is 1. The molecule has 4 nitrogen and oxygen atoms in total. The predicted molar refractivity (Wildman–Crippen MR) is 72.4 cm³/mol. The molecule has 0 heterocycles. The molecule has 0 aromatic heterocycles. The van der Waals surface area contributed by atoms with Crippen LogP contribution in [0.5, 0.6) is 0 Å². The Kier molecular flexibility index (Phi) is 5.07. The van der Waals surface area contributed by atoms with E-state index in [0.29, 0.717) is 0 Å². The second-order valence-electron chi connectivity index (χ2n) is 3.85. The zero-order valence-corrected chi connectivity index (χ0v) is 10.5. The van der Waals surface area contributed by atoms with Gasteiger partial charge < -0.3 is 15.5 Å². The van der Waals surface area contributed by atoms with Crippen molar-refractivity contribution in [2.75, 3.05) is 24.3 Å². The summed E-state index contributed by atoms with van der Waals surface area (Å²) < 4.78 is 0. The van der Waals surface area contributed by atoms with Gasteiger partial charge in [0.1, 0.15) is 0 Å². The maximum atomic E-state index is 11.4. The van der Waals surface area contributed by atoms with Crippen LogP contribution in [0.25, 0.3) is 0 Å². The first-order chi connectivity index (χ1) is 8.13. The minimum absolute atomic E-state index is 0.229. The lowest BCUT2D eigenvalue weighted by molar-refractivity contribution is 0.255. The lowest BCUT2D eigenvalue weighted by Gasteiger charge is -2.12. The van der Waals surface area contributed by atoms with E-state index in [2.05, 4.69) is 10.6 Å². The standard InChI is InChI=1S/C13H19N3O/c1-4-5-10-14-13(17)15-11-6-8-12(9-7-11)16(2)3/h5-10H,4H2,1-3H3,(H2,14,15,17)/b10-5+. The summed E-state index contributed by atoms with van der Waals surface area (Å²) in [4.78, 5) is 13.4.